The molecule has 148 valence electrons. The van der Waals surface area contributed by atoms with Gasteiger partial charge in [-0.15, -0.1) is 0 Å². The summed E-state index contributed by atoms with van der Waals surface area (Å²) in [5.74, 6) is 0.947. The van der Waals surface area contributed by atoms with Crippen molar-refractivity contribution in [2.75, 3.05) is 14.1 Å². The molecule has 4 nitrogen and oxygen atoms in total. The van der Waals surface area contributed by atoms with E-state index in [0.717, 1.165) is 40.0 Å². The highest BCUT2D eigenvalue weighted by Crippen LogP contribution is 2.46. The highest BCUT2D eigenvalue weighted by atomic mass is 79.9. The van der Waals surface area contributed by atoms with E-state index in [1.165, 1.54) is 12.8 Å². The zero-order valence-electron chi connectivity index (χ0n) is 16.3. The fourth-order valence-corrected chi connectivity index (χ4v) is 5.32. The highest BCUT2D eigenvalue weighted by Gasteiger charge is 2.50. The molecule has 2 aromatic rings. The van der Waals surface area contributed by atoms with Gasteiger partial charge in [-0.2, -0.15) is 0 Å². The van der Waals surface area contributed by atoms with Crippen molar-refractivity contribution in [2.24, 2.45) is 0 Å². The van der Waals surface area contributed by atoms with Gasteiger partial charge in [0.2, 0.25) is 0 Å². The summed E-state index contributed by atoms with van der Waals surface area (Å²) in [7, 11) is 4.65. The van der Waals surface area contributed by atoms with E-state index in [-0.39, 0.29) is 29.1 Å². The lowest BCUT2D eigenvalue weighted by Crippen LogP contribution is -3.00. The molecular formula is C23H26BrNO3. The summed E-state index contributed by atoms with van der Waals surface area (Å²) >= 11 is 0. The number of fused-ring (bicyclic) bond motifs is 4. The van der Waals surface area contributed by atoms with Gasteiger partial charge < -0.3 is 30.9 Å². The van der Waals surface area contributed by atoms with Crippen LogP contribution in [0.15, 0.2) is 48.5 Å². The molecule has 3 heterocycles. The minimum absolute atomic E-state index is 0. The quantitative estimate of drug-likeness (QED) is 0.517. The molecule has 0 spiro atoms. The minimum atomic E-state index is -0.409. The SMILES string of the molecule is C[N+]1(C)[C@@H]2CC[C@H]1CC(OC(=O)C1c3ccccc3Oc3ccccc31)C2.[Br-]. The van der Waals surface area contributed by atoms with Crippen molar-refractivity contribution in [1.82, 2.24) is 0 Å². The molecule has 2 aromatic carbocycles. The second kappa shape index (κ2) is 7.20. The number of benzene rings is 2. The monoisotopic (exact) mass is 443 g/mol. The molecule has 0 radical (unpaired) electrons. The van der Waals surface area contributed by atoms with Crippen LogP contribution in [-0.2, 0) is 9.53 Å². The van der Waals surface area contributed by atoms with Crippen LogP contribution in [-0.4, -0.2) is 42.7 Å². The molecule has 5 heteroatoms. The van der Waals surface area contributed by atoms with Gasteiger partial charge in [0.15, 0.2) is 0 Å². The molecule has 0 saturated carbocycles. The number of nitrogens with zero attached hydrogens (tertiary/aromatic N) is 1. The van der Waals surface area contributed by atoms with Gasteiger partial charge in [0.25, 0.3) is 0 Å². The van der Waals surface area contributed by atoms with Crippen LogP contribution in [0.25, 0.3) is 0 Å². The number of hydrogen-bond acceptors (Lipinski definition) is 3. The molecule has 3 aliphatic rings. The second-order valence-corrected chi connectivity index (χ2v) is 8.66. The van der Waals surface area contributed by atoms with Crippen LogP contribution in [0, 0.1) is 0 Å². The van der Waals surface area contributed by atoms with Gasteiger partial charge in [0, 0.05) is 36.8 Å². The molecule has 0 N–H and O–H groups in total. The smallest absolute Gasteiger partial charge is 0.318 e. The maximum absolute atomic E-state index is 13.3. The summed E-state index contributed by atoms with van der Waals surface area (Å²) in [6.45, 7) is 0. The summed E-state index contributed by atoms with van der Waals surface area (Å²) < 4.78 is 13.2. The van der Waals surface area contributed by atoms with E-state index in [0.29, 0.717) is 12.1 Å². The molecule has 2 fully saturated rings. The van der Waals surface area contributed by atoms with Crippen LogP contribution in [0.3, 0.4) is 0 Å². The van der Waals surface area contributed by atoms with Crippen LogP contribution < -0.4 is 21.7 Å². The number of halogens is 1. The third-order valence-electron chi connectivity index (χ3n) is 6.98. The number of quaternary nitrogens is 1. The average molecular weight is 444 g/mol. The number of piperidine rings is 1. The number of para-hydroxylation sites is 2. The van der Waals surface area contributed by atoms with Crippen LogP contribution >= 0.6 is 0 Å². The first kappa shape index (κ1) is 19.5. The largest absolute Gasteiger partial charge is 1.00 e. The average Bonchev–Trinajstić information content (AvgIpc) is 2.83. The first-order chi connectivity index (χ1) is 13.0. The zero-order valence-corrected chi connectivity index (χ0v) is 17.9. The van der Waals surface area contributed by atoms with Gasteiger partial charge in [0.1, 0.15) is 23.5 Å². The lowest BCUT2D eigenvalue weighted by molar-refractivity contribution is -0.931. The molecular weight excluding hydrogens is 418 g/mol. The molecule has 3 aliphatic heterocycles. The van der Waals surface area contributed by atoms with Crippen molar-refractivity contribution in [3.63, 3.8) is 0 Å². The third kappa shape index (κ3) is 3.05. The third-order valence-corrected chi connectivity index (χ3v) is 6.98. The van der Waals surface area contributed by atoms with E-state index in [9.17, 15) is 4.79 Å². The standard InChI is InChI=1S/C23H26NO3.BrH/c1-24(2)15-11-12-16(24)14-17(13-15)26-23(25)22-18-7-3-5-9-20(18)27-21-10-6-4-8-19(21)22;/h3-10,15-17,22H,11-14H2,1-2H3;1H/q+1;/p-1/t15-,16+,17?;. The Kier molecular flexibility index (Phi) is 5.00. The van der Waals surface area contributed by atoms with Gasteiger partial charge in [-0.25, -0.2) is 0 Å². The van der Waals surface area contributed by atoms with Crippen molar-refractivity contribution in [1.29, 1.82) is 0 Å². The molecule has 0 aliphatic carbocycles. The number of hydrogen-bond donors (Lipinski definition) is 0. The first-order valence-corrected chi connectivity index (χ1v) is 9.93. The molecule has 28 heavy (non-hydrogen) atoms. The number of rotatable bonds is 2. The summed E-state index contributed by atoms with van der Waals surface area (Å²) in [6, 6.07) is 16.8. The zero-order chi connectivity index (χ0) is 18.6. The van der Waals surface area contributed by atoms with E-state index >= 15 is 0 Å². The lowest BCUT2D eigenvalue weighted by atomic mass is 9.88. The summed E-state index contributed by atoms with van der Waals surface area (Å²) in [4.78, 5) is 13.3. The van der Waals surface area contributed by atoms with Gasteiger partial charge >= 0.3 is 5.97 Å². The topological polar surface area (TPSA) is 35.5 Å². The van der Waals surface area contributed by atoms with Crippen molar-refractivity contribution >= 4 is 5.97 Å². The van der Waals surface area contributed by atoms with E-state index in [2.05, 4.69) is 14.1 Å². The number of carbonyl (C=O) groups excluding carboxylic acids is 1. The van der Waals surface area contributed by atoms with Crippen LogP contribution in [0.4, 0.5) is 0 Å². The summed E-state index contributed by atoms with van der Waals surface area (Å²) in [6.07, 6.45) is 4.47. The first-order valence-electron chi connectivity index (χ1n) is 9.93. The highest BCUT2D eigenvalue weighted by molar-refractivity contribution is 5.85. The Morgan fingerprint density at radius 2 is 1.43 bits per heavy atom. The van der Waals surface area contributed by atoms with E-state index < -0.39 is 5.92 Å². The Hall–Kier alpha value is -1.85. The fourth-order valence-electron chi connectivity index (χ4n) is 5.32. The molecule has 5 rings (SSSR count). The normalized spacial score (nSPS) is 27.0. The van der Waals surface area contributed by atoms with Crippen LogP contribution in [0.2, 0.25) is 0 Å². The van der Waals surface area contributed by atoms with Crippen LogP contribution in [0.1, 0.15) is 42.7 Å². The Morgan fingerprint density at radius 1 is 0.929 bits per heavy atom. The van der Waals surface area contributed by atoms with Crippen molar-refractivity contribution < 1.29 is 35.7 Å². The maximum atomic E-state index is 13.3. The van der Waals surface area contributed by atoms with E-state index in [1.807, 2.05) is 48.5 Å². The second-order valence-electron chi connectivity index (χ2n) is 8.66. The molecule has 1 unspecified atom stereocenters. The fraction of sp³-hybridized carbons (Fsp3) is 0.435. The predicted octanol–water partition coefficient (Wildman–Crippen LogP) is 1.24. The molecule has 2 saturated heterocycles. The van der Waals surface area contributed by atoms with Crippen molar-refractivity contribution in [3.05, 3.63) is 59.7 Å². The Morgan fingerprint density at radius 3 is 1.96 bits per heavy atom. The van der Waals surface area contributed by atoms with Crippen LogP contribution in [0.5, 0.6) is 11.5 Å². The van der Waals surface area contributed by atoms with Gasteiger partial charge in [0.05, 0.1) is 26.2 Å². The number of esters is 1. The van der Waals surface area contributed by atoms with Crippen molar-refractivity contribution in [3.8, 4) is 11.5 Å². The van der Waals surface area contributed by atoms with Gasteiger partial charge in [-0.05, 0) is 12.1 Å². The maximum Gasteiger partial charge on any atom is 0.318 e. The van der Waals surface area contributed by atoms with Gasteiger partial charge in [-0.1, -0.05) is 36.4 Å². The number of carbonyl (C=O) groups is 1. The summed E-state index contributed by atoms with van der Waals surface area (Å²) in [5.41, 5.74) is 1.80. The number of ether oxygens (including phenoxy) is 2. The van der Waals surface area contributed by atoms with Crippen molar-refractivity contribution in [2.45, 2.75) is 49.8 Å². The Labute approximate surface area is 176 Å². The lowest BCUT2D eigenvalue weighted by Gasteiger charge is -2.44. The predicted molar refractivity (Wildman–Crippen MR) is 103 cm³/mol. The Balaban J connectivity index is 0.00000192. The Bertz CT molecular complexity index is 835. The summed E-state index contributed by atoms with van der Waals surface area (Å²) in [5, 5.41) is 0. The molecule has 2 bridgehead atoms. The van der Waals surface area contributed by atoms with Gasteiger partial charge in [-0.3, -0.25) is 4.79 Å². The van der Waals surface area contributed by atoms with E-state index in [4.69, 9.17) is 9.47 Å². The minimum Gasteiger partial charge on any atom is -1.00 e. The molecule has 0 aromatic heterocycles. The van der Waals surface area contributed by atoms with E-state index in [1.54, 1.807) is 0 Å². The molecule has 3 atom stereocenters. The molecule has 0 amide bonds.